The number of rotatable bonds is 2. The van der Waals surface area contributed by atoms with Crippen LogP contribution in [0.25, 0.3) is 5.69 Å². The summed E-state index contributed by atoms with van der Waals surface area (Å²) >= 11 is 2.21. The monoisotopic (exact) mass is 328 g/mol. The molecule has 2 rings (SSSR count). The number of methoxy groups -OCH3 is 1. The van der Waals surface area contributed by atoms with Gasteiger partial charge in [0.25, 0.3) is 5.56 Å². The molecule has 0 atom stereocenters. The number of ether oxygens (including phenoxy) is 1. The van der Waals surface area contributed by atoms with Gasteiger partial charge in [0, 0.05) is 15.7 Å². The molecule has 16 heavy (non-hydrogen) atoms. The Morgan fingerprint density at radius 3 is 2.50 bits per heavy atom. The number of hydrogen-bond acceptors (Lipinski definition) is 3. The van der Waals surface area contributed by atoms with Crippen LogP contribution in [0, 0.1) is 3.57 Å². The van der Waals surface area contributed by atoms with Gasteiger partial charge >= 0.3 is 0 Å². The maximum Gasteiger partial charge on any atom is 0.271 e. The minimum atomic E-state index is -0.179. The molecule has 4 nitrogen and oxygen atoms in total. The molecule has 0 fully saturated rings. The molecule has 0 aliphatic carbocycles. The fraction of sp³-hybridized carbons (Fsp3) is 0.0909. The summed E-state index contributed by atoms with van der Waals surface area (Å²) in [6.07, 6.45) is 0. The Balaban J connectivity index is 2.54. The van der Waals surface area contributed by atoms with Crippen LogP contribution in [0.2, 0.25) is 0 Å². The van der Waals surface area contributed by atoms with Gasteiger partial charge in [-0.15, -0.1) is 5.10 Å². The molecule has 1 heterocycles. The quantitative estimate of drug-likeness (QED) is 0.791. The lowest BCUT2D eigenvalue weighted by atomic mass is 10.3. The minimum Gasteiger partial charge on any atom is -0.480 e. The summed E-state index contributed by atoms with van der Waals surface area (Å²) in [5.41, 5.74) is 0.548. The van der Waals surface area contributed by atoms with Crippen molar-refractivity contribution in [3.05, 3.63) is 50.3 Å². The van der Waals surface area contributed by atoms with Crippen LogP contribution < -0.4 is 10.3 Å². The van der Waals surface area contributed by atoms with Crippen molar-refractivity contribution in [1.29, 1.82) is 0 Å². The van der Waals surface area contributed by atoms with E-state index in [1.165, 1.54) is 17.9 Å². The largest absolute Gasteiger partial charge is 0.480 e. The summed E-state index contributed by atoms with van der Waals surface area (Å²) < 4.78 is 7.41. The predicted octanol–water partition coefficient (Wildman–Crippen LogP) is 1.85. The van der Waals surface area contributed by atoms with Crippen LogP contribution in [0.4, 0.5) is 0 Å². The molecule has 82 valence electrons. The molecule has 0 N–H and O–H groups in total. The van der Waals surface area contributed by atoms with Gasteiger partial charge in [0.05, 0.1) is 12.8 Å². The lowest BCUT2D eigenvalue weighted by Crippen LogP contribution is -2.20. The lowest BCUT2D eigenvalue weighted by Gasteiger charge is -2.05. The number of halogens is 1. The van der Waals surface area contributed by atoms with Gasteiger partial charge in [-0.1, -0.05) is 0 Å². The molecule has 0 saturated carbocycles. The highest BCUT2D eigenvalue weighted by atomic mass is 127. The normalized spacial score (nSPS) is 10.1. The topological polar surface area (TPSA) is 44.1 Å². The van der Waals surface area contributed by atoms with Crippen LogP contribution >= 0.6 is 22.6 Å². The molecule has 5 heteroatoms. The van der Waals surface area contributed by atoms with Gasteiger partial charge in [-0.05, 0) is 46.9 Å². The smallest absolute Gasteiger partial charge is 0.271 e. The zero-order chi connectivity index (χ0) is 11.5. The van der Waals surface area contributed by atoms with Crippen LogP contribution in [0.1, 0.15) is 0 Å². The second kappa shape index (κ2) is 4.65. The van der Waals surface area contributed by atoms with Crippen LogP contribution in [0.15, 0.2) is 41.2 Å². The molecule has 0 aliphatic rings. The zero-order valence-corrected chi connectivity index (χ0v) is 10.7. The van der Waals surface area contributed by atoms with E-state index in [0.717, 1.165) is 9.26 Å². The van der Waals surface area contributed by atoms with E-state index in [0.29, 0.717) is 5.88 Å². The molecule has 0 bridgehead atoms. The van der Waals surface area contributed by atoms with Gasteiger partial charge in [0.2, 0.25) is 5.88 Å². The summed E-state index contributed by atoms with van der Waals surface area (Å²) in [6, 6.07) is 10.5. The second-order valence-electron chi connectivity index (χ2n) is 3.10. The maximum absolute atomic E-state index is 11.6. The van der Waals surface area contributed by atoms with Crippen molar-refractivity contribution in [3.63, 3.8) is 0 Å². The van der Waals surface area contributed by atoms with Crippen molar-refractivity contribution in [2.45, 2.75) is 0 Å². The highest BCUT2D eigenvalue weighted by Crippen LogP contribution is 2.10. The Labute approximate surface area is 106 Å². The fourth-order valence-electron chi connectivity index (χ4n) is 1.27. The molecule has 2 aromatic rings. The third-order valence-corrected chi connectivity index (χ3v) is 2.78. The molecule has 0 saturated heterocycles. The zero-order valence-electron chi connectivity index (χ0n) is 8.55. The van der Waals surface area contributed by atoms with E-state index in [2.05, 4.69) is 27.7 Å². The first kappa shape index (κ1) is 11.1. The second-order valence-corrected chi connectivity index (χ2v) is 4.35. The fourth-order valence-corrected chi connectivity index (χ4v) is 1.63. The number of aromatic nitrogens is 2. The van der Waals surface area contributed by atoms with Crippen LogP contribution in [0.3, 0.4) is 0 Å². The van der Waals surface area contributed by atoms with E-state index in [9.17, 15) is 4.79 Å². The Morgan fingerprint density at radius 2 is 1.88 bits per heavy atom. The molecule has 1 aromatic carbocycles. The molecule has 0 spiro atoms. The lowest BCUT2D eigenvalue weighted by molar-refractivity contribution is 0.386. The summed E-state index contributed by atoms with van der Waals surface area (Å²) in [7, 11) is 1.52. The Bertz CT molecular complexity index is 549. The van der Waals surface area contributed by atoms with Crippen molar-refractivity contribution in [2.75, 3.05) is 7.11 Å². The van der Waals surface area contributed by atoms with Crippen molar-refractivity contribution < 1.29 is 4.74 Å². The highest BCUT2D eigenvalue weighted by molar-refractivity contribution is 14.1. The average molecular weight is 328 g/mol. The van der Waals surface area contributed by atoms with E-state index < -0.39 is 0 Å². The molecule has 0 amide bonds. The number of hydrogen-bond donors (Lipinski definition) is 0. The van der Waals surface area contributed by atoms with Gasteiger partial charge in [-0.25, -0.2) is 0 Å². The van der Waals surface area contributed by atoms with E-state index >= 15 is 0 Å². The molecular weight excluding hydrogens is 319 g/mol. The minimum absolute atomic E-state index is 0.179. The van der Waals surface area contributed by atoms with Gasteiger partial charge in [-0.3, -0.25) is 4.79 Å². The summed E-state index contributed by atoms with van der Waals surface area (Å²) in [5.74, 6) is 0.415. The first-order valence-electron chi connectivity index (χ1n) is 4.61. The van der Waals surface area contributed by atoms with E-state index in [4.69, 9.17) is 4.74 Å². The molecule has 0 radical (unpaired) electrons. The van der Waals surface area contributed by atoms with Crippen LogP contribution in [0.5, 0.6) is 5.88 Å². The van der Waals surface area contributed by atoms with Crippen molar-refractivity contribution >= 4 is 22.6 Å². The van der Waals surface area contributed by atoms with Crippen LogP contribution in [-0.2, 0) is 0 Å². The maximum atomic E-state index is 11.6. The van der Waals surface area contributed by atoms with Crippen molar-refractivity contribution in [2.24, 2.45) is 0 Å². The third-order valence-electron chi connectivity index (χ3n) is 2.06. The van der Waals surface area contributed by atoms with Gasteiger partial charge in [-0.2, -0.15) is 4.68 Å². The van der Waals surface area contributed by atoms with Gasteiger partial charge in [0.1, 0.15) is 0 Å². The number of benzene rings is 1. The SMILES string of the molecule is COc1ccc(=O)n(-c2ccc(I)cc2)n1. The molecule has 0 unspecified atom stereocenters. The third kappa shape index (κ3) is 2.24. The van der Waals surface area contributed by atoms with E-state index in [1.54, 1.807) is 6.07 Å². The summed E-state index contributed by atoms with van der Waals surface area (Å²) in [4.78, 5) is 11.6. The average Bonchev–Trinajstić information content (AvgIpc) is 2.31. The molecule has 0 aliphatic heterocycles. The highest BCUT2D eigenvalue weighted by Gasteiger charge is 2.02. The van der Waals surface area contributed by atoms with Gasteiger partial charge < -0.3 is 4.74 Å². The Morgan fingerprint density at radius 1 is 1.19 bits per heavy atom. The summed E-state index contributed by atoms with van der Waals surface area (Å²) in [5, 5.41) is 4.07. The van der Waals surface area contributed by atoms with E-state index in [-0.39, 0.29) is 5.56 Å². The first-order valence-corrected chi connectivity index (χ1v) is 5.69. The number of nitrogens with zero attached hydrogens (tertiary/aromatic N) is 2. The van der Waals surface area contributed by atoms with Crippen molar-refractivity contribution in [3.8, 4) is 11.6 Å². The first-order chi connectivity index (χ1) is 7.70. The van der Waals surface area contributed by atoms with Gasteiger partial charge in [0.15, 0.2) is 0 Å². The Hall–Kier alpha value is -1.37. The molecule has 1 aromatic heterocycles. The van der Waals surface area contributed by atoms with E-state index in [1.807, 2.05) is 24.3 Å². The van der Waals surface area contributed by atoms with Crippen molar-refractivity contribution in [1.82, 2.24) is 9.78 Å². The molecular formula is C11H9IN2O2. The standard InChI is InChI=1S/C11H9IN2O2/c1-16-10-6-7-11(15)14(13-10)9-4-2-8(12)3-5-9/h2-7H,1H3. The van der Waals surface area contributed by atoms with Crippen LogP contribution in [-0.4, -0.2) is 16.9 Å². The summed E-state index contributed by atoms with van der Waals surface area (Å²) in [6.45, 7) is 0. The predicted molar refractivity (Wildman–Crippen MR) is 69.1 cm³/mol. The Kier molecular flexibility index (Phi) is 3.23.